The lowest BCUT2D eigenvalue weighted by Gasteiger charge is -2.16. The standard InChI is InChI=1S/C10H14N4O2/c1-10(11,12)8-4-6-5(14-8)3-7(13-6)9(15)16-2/h3-4,13-14H,11-12H2,1-2H3. The summed E-state index contributed by atoms with van der Waals surface area (Å²) in [6.45, 7) is 1.69. The maximum Gasteiger partial charge on any atom is 0.354 e. The van der Waals surface area contributed by atoms with E-state index in [9.17, 15) is 4.79 Å². The van der Waals surface area contributed by atoms with Crippen molar-refractivity contribution < 1.29 is 9.53 Å². The van der Waals surface area contributed by atoms with E-state index in [0.717, 1.165) is 11.0 Å². The summed E-state index contributed by atoms with van der Waals surface area (Å²) in [4.78, 5) is 17.2. The van der Waals surface area contributed by atoms with Crippen molar-refractivity contribution in [3.8, 4) is 0 Å². The number of H-pyrrole nitrogens is 2. The van der Waals surface area contributed by atoms with Crippen molar-refractivity contribution in [3.63, 3.8) is 0 Å². The molecule has 6 heteroatoms. The number of hydrogen-bond acceptors (Lipinski definition) is 4. The van der Waals surface area contributed by atoms with Crippen molar-refractivity contribution in [2.24, 2.45) is 11.5 Å². The van der Waals surface area contributed by atoms with Gasteiger partial charge in [-0.15, -0.1) is 0 Å². The predicted molar refractivity (Wildman–Crippen MR) is 59.7 cm³/mol. The zero-order valence-electron chi connectivity index (χ0n) is 9.13. The highest BCUT2D eigenvalue weighted by molar-refractivity contribution is 5.93. The quantitative estimate of drug-likeness (QED) is 0.434. The highest BCUT2D eigenvalue weighted by atomic mass is 16.5. The Labute approximate surface area is 91.9 Å². The molecular weight excluding hydrogens is 208 g/mol. The van der Waals surface area contributed by atoms with Crippen LogP contribution in [-0.4, -0.2) is 23.0 Å². The SMILES string of the molecule is COC(=O)c1cc2[nH]c(C(C)(N)N)cc2[nH]1. The highest BCUT2D eigenvalue weighted by Crippen LogP contribution is 2.20. The molecule has 0 unspecified atom stereocenters. The molecule has 0 bridgehead atoms. The van der Waals surface area contributed by atoms with Gasteiger partial charge in [-0.3, -0.25) is 0 Å². The number of aromatic amines is 2. The van der Waals surface area contributed by atoms with Crippen LogP contribution in [0.1, 0.15) is 23.1 Å². The molecule has 0 saturated carbocycles. The number of esters is 1. The first-order chi connectivity index (χ1) is 7.41. The fraction of sp³-hybridized carbons (Fsp3) is 0.300. The predicted octanol–water partition coefficient (Wildman–Crippen LogP) is 0.373. The molecular formula is C10H14N4O2. The van der Waals surface area contributed by atoms with Gasteiger partial charge in [-0.1, -0.05) is 0 Å². The summed E-state index contributed by atoms with van der Waals surface area (Å²) in [6, 6.07) is 3.44. The smallest absolute Gasteiger partial charge is 0.354 e. The third-order valence-corrected chi connectivity index (χ3v) is 2.39. The Hall–Kier alpha value is -1.79. The highest BCUT2D eigenvalue weighted by Gasteiger charge is 2.19. The first-order valence-corrected chi connectivity index (χ1v) is 4.80. The molecule has 16 heavy (non-hydrogen) atoms. The monoisotopic (exact) mass is 222 g/mol. The van der Waals surface area contributed by atoms with Crippen molar-refractivity contribution in [3.05, 3.63) is 23.5 Å². The van der Waals surface area contributed by atoms with Gasteiger partial charge >= 0.3 is 5.97 Å². The van der Waals surface area contributed by atoms with Crippen LogP contribution in [0, 0.1) is 0 Å². The maximum absolute atomic E-state index is 11.2. The van der Waals surface area contributed by atoms with E-state index in [1.807, 2.05) is 0 Å². The fourth-order valence-corrected chi connectivity index (χ4v) is 1.52. The molecule has 0 fully saturated rings. The average molecular weight is 222 g/mol. The minimum Gasteiger partial charge on any atom is -0.464 e. The van der Waals surface area contributed by atoms with Crippen LogP contribution in [0.15, 0.2) is 12.1 Å². The number of nitrogens with two attached hydrogens (primary N) is 2. The molecule has 86 valence electrons. The van der Waals surface area contributed by atoms with Crippen LogP contribution in [0.25, 0.3) is 11.0 Å². The molecule has 2 aromatic rings. The number of carbonyl (C=O) groups excluding carboxylic acids is 1. The van der Waals surface area contributed by atoms with Gasteiger partial charge in [0.25, 0.3) is 0 Å². The topological polar surface area (TPSA) is 110 Å². The minimum atomic E-state index is -0.925. The van der Waals surface area contributed by atoms with Gasteiger partial charge in [-0.25, -0.2) is 4.79 Å². The second-order valence-corrected chi connectivity index (χ2v) is 3.97. The van der Waals surface area contributed by atoms with Crippen LogP contribution in [0.3, 0.4) is 0 Å². The summed E-state index contributed by atoms with van der Waals surface area (Å²) in [5, 5.41) is 0. The number of hydrogen-bond donors (Lipinski definition) is 4. The zero-order valence-corrected chi connectivity index (χ0v) is 9.13. The Morgan fingerprint density at radius 2 is 1.94 bits per heavy atom. The molecule has 2 aromatic heterocycles. The van der Waals surface area contributed by atoms with Gasteiger partial charge in [0.15, 0.2) is 0 Å². The van der Waals surface area contributed by atoms with E-state index in [4.69, 9.17) is 11.5 Å². The second-order valence-electron chi connectivity index (χ2n) is 3.97. The number of aromatic nitrogens is 2. The van der Waals surface area contributed by atoms with E-state index in [1.54, 1.807) is 19.1 Å². The largest absolute Gasteiger partial charge is 0.464 e. The molecule has 2 rings (SSSR count). The number of ether oxygens (including phenoxy) is 1. The first kappa shape index (κ1) is 10.7. The Morgan fingerprint density at radius 1 is 1.31 bits per heavy atom. The summed E-state index contributed by atoms with van der Waals surface area (Å²) in [5.74, 6) is -0.408. The molecule has 0 aliphatic carbocycles. The molecule has 6 nitrogen and oxygen atoms in total. The molecule has 0 aliphatic rings. The second kappa shape index (κ2) is 3.36. The van der Waals surface area contributed by atoms with Gasteiger partial charge in [-0.05, 0) is 19.1 Å². The van der Waals surface area contributed by atoms with E-state index >= 15 is 0 Å². The van der Waals surface area contributed by atoms with E-state index in [-0.39, 0.29) is 0 Å². The van der Waals surface area contributed by atoms with Gasteiger partial charge < -0.3 is 26.2 Å². The minimum absolute atomic E-state index is 0.394. The van der Waals surface area contributed by atoms with Crippen LogP contribution < -0.4 is 11.5 Å². The number of methoxy groups -OCH3 is 1. The molecule has 0 atom stereocenters. The fourth-order valence-electron chi connectivity index (χ4n) is 1.52. The number of nitrogens with one attached hydrogen (secondary N) is 2. The van der Waals surface area contributed by atoms with Gasteiger partial charge in [0.1, 0.15) is 11.4 Å². The lowest BCUT2D eigenvalue weighted by atomic mass is 10.1. The lowest BCUT2D eigenvalue weighted by Crippen LogP contribution is -2.42. The summed E-state index contributed by atoms with van der Waals surface area (Å²) in [7, 11) is 1.33. The number of carbonyl (C=O) groups is 1. The lowest BCUT2D eigenvalue weighted by molar-refractivity contribution is 0.0595. The molecule has 2 heterocycles. The van der Waals surface area contributed by atoms with Crippen LogP contribution in [-0.2, 0) is 10.4 Å². The van der Waals surface area contributed by atoms with Gasteiger partial charge in [0.05, 0.1) is 23.8 Å². The summed E-state index contributed by atoms with van der Waals surface area (Å²) in [6.07, 6.45) is 0. The van der Waals surface area contributed by atoms with Crippen molar-refractivity contribution in [2.45, 2.75) is 12.6 Å². The van der Waals surface area contributed by atoms with E-state index in [0.29, 0.717) is 11.4 Å². The zero-order chi connectivity index (χ0) is 11.9. The Bertz CT molecular complexity index is 501. The average Bonchev–Trinajstić information content (AvgIpc) is 2.71. The van der Waals surface area contributed by atoms with Crippen LogP contribution in [0.2, 0.25) is 0 Å². The Kier molecular flexibility index (Phi) is 2.25. The van der Waals surface area contributed by atoms with Crippen molar-refractivity contribution in [2.75, 3.05) is 7.11 Å². The van der Waals surface area contributed by atoms with Crippen LogP contribution >= 0.6 is 0 Å². The molecule has 0 aliphatic heterocycles. The van der Waals surface area contributed by atoms with Gasteiger partial charge in [0, 0.05) is 0 Å². The molecule has 6 N–H and O–H groups in total. The van der Waals surface area contributed by atoms with Crippen molar-refractivity contribution in [1.29, 1.82) is 0 Å². The molecule has 0 amide bonds. The summed E-state index contributed by atoms with van der Waals surface area (Å²) < 4.78 is 4.60. The number of fused-ring (bicyclic) bond motifs is 1. The van der Waals surface area contributed by atoms with Gasteiger partial charge in [-0.2, -0.15) is 0 Å². The van der Waals surface area contributed by atoms with Crippen LogP contribution in [0.5, 0.6) is 0 Å². The maximum atomic E-state index is 11.2. The van der Waals surface area contributed by atoms with Gasteiger partial charge in [0.2, 0.25) is 0 Å². The third kappa shape index (κ3) is 1.68. The summed E-state index contributed by atoms with van der Waals surface area (Å²) in [5.41, 5.74) is 13.2. The first-order valence-electron chi connectivity index (χ1n) is 4.80. The Morgan fingerprint density at radius 3 is 2.44 bits per heavy atom. The normalized spacial score (nSPS) is 12.0. The number of rotatable bonds is 2. The molecule has 0 radical (unpaired) electrons. The van der Waals surface area contributed by atoms with Crippen molar-refractivity contribution in [1.82, 2.24) is 9.97 Å². The van der Waals surface area contributed by atoms with Crippen molar-refractivity contribution >= 4 is 17.0 Å². The molecule has 0 saturated heterocycles. The van der Waals surface area contributed by atoms with E-state index in [2.05, 4.69) is 14.7 Å². The molecule has 0 spiro atoms. The third-order valence-electron chi connectivity index (χ3n) is 2.39. The van der Waals surface area contributed by atoms with Crippen LogP contribution in [0.4, 0.5) is 0 Å². The van der Waals surface area contributed by atoms with E-state index in [1.165, 1.54) is 7.11 Å². The Balaban J connectivity index is 2.44. The molecule has 0 aromatic carbocycles. The van der Waals surface area contributed by atoms with E-state index < -0.39 is 11.6 Å². The summed E-state index contributed by atoms with van der Waals surface area (Å²) >= 11 is 0.